The molecule has 3 aromatic rings. The maximum absolute atomic E-state index is 11.8. The average Bonchev–Trinajstić information content (AvgIpc) is 2.99. The second-order valence-corrected chi connectivity index (χ2v) is 4.30. The Morgan fingerprint density at radius 1 is 1.29 bits per heavy atom. The van der Waals surface area contributed by atoms with Crippen LogP contribution in [-0.2, 0) is 0 Å². The van der Waals surface area contributed by atoms with Gasteiger partial charge in [0.2, 0.25) is 5.95 Å². The minimum Gasteiger partial charge on any atom is -0.497 e. The largest absolute Gasteiger partial charge is 0.497 e. The summed E-state index contributed by atoms with van der Waals surface area (Å²) in [5.41, 5.74) is 1.11. The predicted molar refractivity (Wildman–Crippen MR) is 78.7 cm³/mol. The van der Waals surface area contributed by atoms with Gasteiger partial charge in [0, 0.05) is 11.6 Å². The molecule has 0 spiro atoms. The minimum atomic E-state index is -0.246. The summed E-state index contributed by atoms with van der Waals surface area (Å²) < 4.78 is 5.18. The molecule has 0 aliphatic carbocycles. The van der Waals surface area contributed by atoms with Crippen molar-refractivity contribution in [2.45, 2.75) is 0 Å². The molecule has 2 heterocycles. The maximum atomic E-state index is 11.8. The van der Waals surface area contributed by atoms with Crippen molar-refractivity contribution in [3.8, 4) is 17.0 Å². The van der Waals surface area contributed by atoms with Gasteiger partial charge in [0.1, 0.15) is 11.6 Å². The van der Waals surface area contributed by atoms with Gasteiger partial charge in [0.15, 0.2) is 0 Å². The van der Waals surface area contributed by atoms with E-state index in [4.69, 9.17) is 4.74 Å². The van der Waals surface area contributed by atoms with E-state index in [1.54, 1.807) is 13.3 Å². The summed E-state index contributed by atoms with van der Waals surface area (Å²) >= 11 is 0. The molecular weight excluding hydrogens is 270 g/mol. The van der Waals surface area contributed by atoms with Gasteiger partial charge in [-0.25, -0.2) is 9.97 Å². The predicted octanol–water partition coefficient (Wildman–Crippen LogP) is 1.91. The maximum Gasteiger partial charge on any atom is 0.252 e. The van der Waals surface area contributed by atoms with Gasteiger partial charge < -0.3 is 15.0 Å². The number of hydrogen-bond acceptors (Lipinski definition) is 5. The molecule has 7 nitrogen and oxygen atoms in total. The lowest BCUT2D eigenvalue weighted by atomic mass is 10.1. The van der Waals surface area contributed by atoms with E-state index < -0.39 is 0 Å². The van der Waals surface area contributed by atoms with Gasteiger partial charge in [-0.2, -0.15) is 0 Å². The Balaban J connectivity index is 1.98. The van der Waals surface area contributed by atoms with Crippen LogP contribution >= 0.6 is 0 Å². The Labute approximate surface area is 120 Å². The lowest BCUT2D eigenvalue weighted by molar-refractivity contribution is 0.415. The number of rotatable bonds is 4. The van der Waals surface area contributed by atoms with Gasteiger partial charge in [0.25, 0.3) is 5.56 Å². The van der Waals surface area contributed by atoms with Crippen molar-refractivity contribution in [2.24, 2.45) is 0 Å². The van der Waals surface area contributed by atoms with Crippen LogP contribution in [0.1, 0.15) is 0 Å². The number of anilines is 2. The van der Waals surface area contributed by atoms with E-state index in [2.05, 4.69) is 25.3 Å². The zero-order valence-corrected chi connectivity index (χ0v) is 11.3. The zero-order chi connectivity index (χ0) is 14.7. The third-order valence-corrected chi connectivity index (χ3v) is 2.86. The Bertz CT molecular complexity index is 795. The normalized spacial score (nSPS) is 10.3. The number of aromatic nitrogens is 4. The first kappa shape index (κ1) is 12.9. The highest BCUT2D eigenvalue weighted by Crippen LogP contribution is 2.22. The third-order valence-electron chi connectivity index (χ3n) is 2.86. The van der Waals surface area contributed by atoms with E-state index in [9.17, 15) is 4.79 Å². The first-order valence-corrected chi connectivity index (χ1v) is 6.26. The number of ether oxygens (including phenoxy) is 1. The van der Waals surface area contributed by atoms with Crippen molar-refractivity contribution < 1.29 is 4.74 Å². The molecule has 2 aromatic heterocycles. The molecule has 0 bridgehead atoms. The molecule has 0 unspecified atom stereocenters. The Hall–Kier alpha value is -3.09. The van der Waals surface area contributed by atoms with E-state index >= 15 is 0 Å². The van der Waals surface area contributed by atoms with E-state index in [0.29, 0.717) is 23.2 Å². The van der Waals surface area contributed by atoms with Crippen LogP contribution in [0.3, 0.4) is 0 Å². The van der Waals surface area contributed by atoms with Crippen molar-refractivity contribution in [1.29, 1.82) is 0 Å². The van der Waals surface area contributed by atoms with Crippen LogP contribution < -0.4 is 15.6 Å². The van der Waals surface area contributed by atoms with E-state index in [0.717, 1.165) is 5.56 Å². The van der Waals surface area contributed by atoms with Crippen LogP contribution in [0.2, 0.25) is 0 Å². The Kier molecular flexibility index (Phi) is 3.38. The SMILES string of the molecule is COc1cccc(-c2cc(=O)[nH]c(Nc3cnc[nH]3)n2)c1. The molecule has 3 N–H and O–H groups in total. The number of H-pyrrole nitrogens is 2. The number of methoxy groups -OCH3 is 1. The van der Waals surface area contributed by atoms with Gasteiger partial charge in [-0.05, 0) is 12.1 Å². The van der Waals surface area contributed by atoms with Crippen LogP contribution in [0, 0.1) is 0 Å². The molecule has 0 radical (unpaired) electrons. The monoisotopic (exact) mass is 283 g/mol. The van der Waals surface area contributed by atoms with Gasteiger partial charge in [-0.1, -0.05) is 12.1 Å². The molecule has 0 saturated heterocycles. The fourth-order valence-corrected chi connectivity index (χ4v) is 1.90. The van der Waals surface area contributed by atoms with Crippen molar-refractivity contribution in [2.75, 3.05) is 12.4 Å². The molecule has 1 aromatic carbocycles. The van der Waals surface area contributed by atoms with Gasteiger partial charge in [-0.15, -0.1) is 0 Å². The second-order valence-electron chi connectivity index (χ2n) is 4.30. The molecular formula is C14H13N5O2. The molecule has 21 heavy (non-hydrogen) atoms. The number of hydrogen-bond donors (Lipinski definition) is 3. The molecule has 0 fully saturated rings. The Morgan fingerprint density at radius 3 is 2.95 bits per heavy atom. The topological polar surface area (TPSA) is 95.7 Å². The highest BCUT2D eigenvalue weighted by molar-refractivity contribution is 5.62. The van der Waals surface area contributed by atoms with Crippen molar-refractivity contribution >= 4 is 11.8 Å². The highest BCUT2D eigenvalue weighted by atomic mass is 16.5. The molecule has 106 valence electrons. The zero-order valence-electron chi connectivity index (χ0n) is 11.3. The van der Waals surface area contributed by atoms with Crippen molar-refractivity contribution in [1.82, 2.24) is 19.9 Å². The molecule has 0 aliphatic rings. The number of nitrogens with one attached hydrogen (secondary N) is 3. The molecule has 0 saturated carbocycles. The quantitative estimate of drug-likeness (QED) is 0.679. The lowest BCUT2D eigenvalue weighted by Crippen LogP contribution is -2.10. The third kappa shape index (κ3) is 2.92. The molecule has 3 rings (SSSR count). The summed E-state index contributed by atoms with van der Waals surface area (Å²) in [5.74, 6) is 1.68. The molecule has 7 heteroatoms. The Morgan fingerprint density at radius 2 is 2.19 bits per heavy atom. The van der Waals surface area contributed by atoms with E-state index in [-0.39, 0.29) is 5.56 Å². The summed E-state index contributed by atoms with van der Waals surface area (Å²) in [6.45, 7) is 0. The summed E-state index contributed by atoms with van der Waals surface area (Å²) in [6.07, 6.45) is 3.13. The van der Waals surface area contributed by atoms with E-state index in [1.807, 2.05) is 24.3 Å². The molecule has 0 amide bonds. The minimum absolute atomic E-state index is 0.246. The van der Waals surface area contributed by atoms with Gasteiger partial charge in [0.05, 0.1) is 25.3 Å². The lowest BCUT2D eigenvalue weighted by Gasteiger charge is -2.06. The first-order valence-electron chi connectivity index (χ1n) is 6.26. The summed E-state index contributed by atoms with van der Waals surface area (Å²) in [4.78, 5) is 25.6. The molecule has 0 aliphatic heterocycles. The number of imidazole rings is 1. The van der Waals surface area contributed by atoms with Crippen LogP contribution in [-0.4, -0.2) is 27.0 Å². The van der Waals surface area contributed by atoms with Gasteiger partial charge in [-0.3, -0.25) is 9.78 Å². The van der Waals surface area contributed by atoms with Crippen LogP contribution in [0.4, 0.5) is 11.8 Å². The first-order chi connectivity index (χ1) is 10.2. The summed E-state index contributed by atoms with van der Waals surface area (Å²) in [5, 5.41) is 2.95. The summed E-state index contributed by atoms with van der Waals surface area (Å²) in [7, 11) is 1.59. The average molecular weight is 283 g/mol. The number of benzene rings is 1. The standard InChI is InChI=1S/C14H13N5O2/c1-21-10-4-2-3-9(5-10)11-6-13(20)19-14(17-11)18-12-7-15-8-16-12/h2-8H,1H3,(H,15,16)(H2,17,18,19,20). The fraction of sp³-hybridized carbons (Fsp3) is 0.0714. The smallest absolute Gasteiger partial charge is 0.252 e. The molecule has 0 atom stereocenters. The van der Waals surface area contributed by atoms with Gasteiger partial charge >= 0.3 is 0 Å². The van der Waals surface area contributed by atoms with Crippen LogP contribution in [0.25, 0.3) is 11.3 Å². The number of aromatic amines is 2. The van der Waals surface area contributed by atoms with Crippen molar-refractivity contribution in [3.63, 3.8) is 0 Å². The highest BCUT2D eigenvalue weighted by Gasteiger charge is 2.06. The van der Waals surface area contributed by atoms with Crippen LogP contribution in [0.5, 0.6) is 5.75 Å². The van der Waals surface area contributed by atoms with Crippen molar-refractivity contribution in [3.05, 3.63) is 53.2 Å². The fourth-order valence-electron chi connectivity index (χ4n) is 1.90. The van der Waals surface area contributed by atoms with Crippen LogP contribution in [0.15, 0.2) is 47.7 Å². The second kappa shape index (κ2) is 5.49. The summed E-state index contributed by atoms with van der Waals surface area (Å²) in [6, 6.07) is 8.80. The number of nitrogens with zero attached hydrogens (tertiary/aromatic N) is 2. The van der Waals surface area contributed by atoms with E-state index in [1.165, 1.54) is 12.4 Å².